The first-order chi connectivity index (χ1) is 9.42. The molecule has 104 valence electrons. The average Bonchev–Trinajstić information content (AvgIpc) is 2.97. The molecule has 2 aliphatic rings. The van der Waals surface area contributed by atoms with E-state index in [2.05, 4.69) is 17.4 Å². The van der Waals surface area contributed by atoms with Gasteiger partial charge in [0.1, 0.15) is 13.2 Å². The van der Waals surface area contributed by atoms with Gasteiger partial charge in [-0.2, -0.15) is 0 Å². The Morgan fingerprint density at radius 2 is 1.84 bits per heavy atom. The van der Waals surface area contributed by atoms with Crippen LogP contribution >= 0.6 is 0 Å². The van der Waals surface area contributed by atoms with Crippen molar-refractivity contribution < 1.29 is 9.47 Å². The standard InChI is InChI=1S/C16H23NO2/c1-2-6-14(5-1)17-9-3-4-13-7-8-15-16(12-13)19-11-10-18-15/h7-8,12,14,17H,1-6,9-11H2. The highest BCUT2D eigenvalue weighted by molar-refractivity contribution is 5.43. The number of rotatable bonds is 5. The lowest BCUT2D eigenvalue weighted by Gasteiger charge is -2.19. The first-order valence-electron chi connectivity index (χ1n) is 7.54. The molecule has 0 radical (unpaired) electrons. The van der Waals surface area contributed by atoms with Gasteiger partial charge in [-0.3, -0.25) is 0 Å². The van der Waals surface area contributed by atoms with Gasteiger partial charge in [-0.05, 0) is 49.9 Å². The zero-order valence-electron chi connectivity index (χ0n) is 11.5. The number of hydrogen-bond donors (Lipinski definition) is 1. The molecule has 0 unspecified atom stereocenters. The predicted octanol–water partition coefficient (Wildman–Crippen LogP) is 2.92. The van der Waals surface area contributed by atoms with Crippen LogP contribution in [0.1, 0.15) is 37.7 Å². The smallest absolute Gasteiger partial charge is 0.161 e. The summed E-state index contributed by atoms with van der Waals surface area (Å²) >= 11 is 0. The highest BCUT2D eigenvalue weighted by Crippen LogP contribution is 2.31. The molecule has 3 nitrogen and oxygen atoms in total. The van der Waals surface area contributed by atoms with Crippen molar-refractivity contribution in [1.29, 1.82) is 0 Å². The molecular formula is C16H23NO2. The van der Waals surface area contributed by atoms with Gasteiger partial charge in [-0.15, -0.1) is 0 Å². The maximum Gasteiger partial charge on any atom is 0.161 e. The topological polar surface area (TPSA) is 30.5 Å². The van der Waals surface area contributed by atoms with Gasteiger partial charge >= 0.3 is 0 Å². The predicted molar refractivity (Wildman–Crippen MR) is 76.0 cm³/mol. The van der Waals surface area contributed by atoms with Crippen LogP contribution in [0.5, 0.6) is 11.5 Å². The van der Waals surface area contributed by atoms with E-state index in [1.807, 2.05) is 6.07 Å². The zero-order chi connectivity index (χ0) is 12.9. The van der Waals surface area contributed by atoms with E-state index in [1.54, 1.807) is 0 Å². The Morgan fingerprint density at radius 1 is 1.05 bits per heavy atom. The van der Waals surface area contributed by atoms with E-state index in [-0.39, 0.29) is 0 Å². The maximum atomic E-state index is 5.61. The summed E-state index contributed by atoms with van der Waals surface area (Å²) in [6, 6.07) is 7.10. The van der Waals surface area contributed by atoms with Gasteiger partial charge in [-0.25, -0.2) is 0 Å². The minimum absolute atomic E-state index is 0.664. The largest absolute Gasteiger partial charge is 0.486 e. The molecule has 3 rings (SSSR count). The molecule has 0 atom stereocenters. The molecule has 0 spiro atoms. The highest BCUT2D eigenvalue weighted by atomic mass is 16.6. The number of hydrogen-bond acceptors (Lipinski definition) is 3. The summed E-state index contributed by atoms with van der Waals surface area (Å²) in [7, 11) is 0. The van der Waals surface area contributed by atoms with E-state index >= 15 is 0 Å². The third-order valence-corrected chi connectivity index (χ3v) is 4.04. The summed E-state index contributed by atoms with van der Waals surface area (Å²) in [5, 5.41) is 3.66. The molecule has 1 N–H and O–H groups in total. The molecule has 0 amide bonds. The van der Waals surface area contributed by atoms with Crippen LogP contribution in [0.2, 0.25) is 0 Å². The van der Waals surface area contributed by atoms with E-state index in [0.29, 0.717) is 13.2 Å². The SMILES string of the molecule is c1cc2c(cc1CCCNC1CCCC1)OCCO2. The third-order valence-electron chi connectivity index (χ3n) is 4.04. The number of nitrogens with one attached hydrogen (secondary N) is 1. The van der Waals surface area contributed by atoms with E-state index in [9.17, 15) is 0 Å². The van der Waals surface area contributed by atoms with E-state index in [0.717, 1.165) is 30.5 Å². The molecule has 1 fully saturated rings. The van der Waals surface area contributed by atoms with Crippen LogP contribution in [0.15, 0.2) is 18.2 Å². The van der Waals surface area contributed by atoms with Gasteiger partial charge in [0.15, 0.2) is 11.5 Å². The number of aryl methyl sites for hydroxylation is 1. The molecule has 1 saturated carbocycles. The summed E-state index contributed by atoms with van der Waals surface area (Å²) in [6.07, 6.45) is 7.83. The van der Waals surface area contributed by atoms with Crippen LogP contribution in [-0.4, -0.2) is 25.8 Å². The Kier molecular flexibility index (Phi) is 4.23. The summed E-state index contributed by atoms with van der Waals surface area (Å²) in [4.78, 5) is 0. The molecule has 1 aliphatic carbocycles. The second-order valence-electron chi connectivity index (χ2n) is 5.52. The second-order valence-corrected chi connectivity index (χ2v) is 5.52. The van der Waals surface area contributed by atoms with Crippen molar-refractivity contribution in [3.05, 3.63) is 23.8 Å². The van der Waals surface area contributed by atoms with Crippen LogP contribution in [0.25, 0.3) is 0 Å². The molecule has 3 heteroatoms. The lowest BCUT2D eigenvalue weighted by Crippen LogP contribution is -2.27. The minimum atomic E-state index is 0.664. The Morgan fingerprint density at radius 3 is 2.68 bits per heavy atom. The van der Waals surface area contributed by atoms with Gasteiger partial charge in [0.2, 0.25) is 0 Å². The van der Waals surface area contributed by atoms with Gasteiger partial charge < -0.3 is 14.8 Å². The fraction of sp³-hybridized carbons (Fsp3) is 0.625. The summed E-state index contributed by atoms with van der Waals surface area (Å²) in [6.45, 7) is 2.45. The zero-order valence-corrected chi connectivity index (χ0v) is 11.5. The van der Waals surface area contributed by atoms with E-state index < -0.39 is 0 Å². The molecule has 0 bridgehead atoms. The normalized spacial score (nSPS) is 18.7. The van der Waals surface area contributed by atoms with Gasteiger partial charge in [-0.1, -0.05) is 18.9 Å². The number of fused-ring (bicyclic) bond motifs is 1. The Labute approximate surface area is 115 Å². The first-order valence-corrected chi connectivity index (χ1v) is 7.54. The van der Waals surface area contributed by atoms with Crippen molar-refractivity contribution in [1.82, 2.24) is 5.32 Å². The van der Waals surface area contributed by atoms with Gasteiger partial charge in [0.05, 0.1) is 0 Å². The molecule has 0 aromatic heterocycles. The van der Waals surface area contributed by atoms with Crippen molar-refractivity contribution in [2.75, 3.05) is 19.8 Å². The number of ether oxygens (including phenoxy) is 2. The maximum absolute atomic E-state index is 5.61. The minimum Gasteiger partial charge on any atom is -0.486 e. The average molecular weight is 261 g/mol. The second kappa shape index (κ2) is 6.29. The number of benzene rings is 1. The van der Waals surface area contributed by atoms with Crippen LogP contribution in [0.3, 0.4) is 0 Å². The highest BCUT2D eigenvalue weighted by Gasteiger charge is 2.14. The molecule has 1 aromatic rings. The first kappa shape index (κ1) is 12.8. The van der Waals surface area contributed by atoms with Crippen molar-refractivity contribution in [3.63, 3.8) is 0 Å². The molecule has 1 aliphatic heterocycles. The van der Waals surface area contributed by atoms with E-state index in [1.165, 1.54) is 37.7 Å². The molecule has 1 heterocycles. The monoisotopic (exact) mass is 261 g/mol. The summed E-state index contributed by atoms with van der Waals surface area (Å²) in [5.41, 5.74) is 1.34. The molecule has 1 aromatic carbocycles. The van der Waals surface area contributed by atoms with E-state index in [4.69, 9.17) is 9.47 Å². The quantitative estimate of drug-likeness (QED) is 0.827. The van der Waals surface area contributed by atoms with Crippen molar-refractivity contribution in [2.24, 2.45) is 0 Å². The van der Waals surface area contributed by atoms with Crippen molar-refractivity contribution >= 4 is 0 Å². The third kappa shape index (κ3) is 3.41. The van der Waals surface area contributed by atoms with Gasteiger partial charge in [0.25, 0.3) is 0 Å². The lowest BCUT2D eigenvalue weighted by molar-refractivity contribution is 0.171. The van der Waals surface area contributed by atoms with Crippen LogP contribution in [0, 0.1) is 0 Å². The fourth-order valence-electron chi connectivity index (χ4n) is 2.97. The lowest BCUT2D eigenvalue weighted by atomic mass is 10.1. The van der Waals surface area contributed by atoms with Crippen LogP contribution in [0.4, 0.5) is 0 Å². The van der Waals surface area contributed by atoms with Crippen molar-refractivity contribution in [3.8, 4) is 11.5 Å². The summed E-state index contributed by atoms with van der Waals surface area (Å²) < 4.78 is 11.1. The molecular weight excluding hydrogens is 238 g/mol. The fourth-order valence-corrected chi connectivity index (χ4v) is 2.97. The molecule has 19 heavy (non-hydrogen) atoms. The van der Waals surface area contributed by atoms with Gasteiger partial charge in [0, 0.05) is 6.04 Å². The van der Waals surface area contributed by atoms with Crippen LogP contribution in [-0.2, 0) is 6.42 Å². The Bertz CT molecular complexity index is 413. The Balaban J connectivity index is 1.44. The van der Waals surface area contributed by atoms with Crippen LogP contribution < -0.4 is 14.8 Å². The van der Waals surface area contributed by atoms with Crippen molar-refractivity contribution in [2.45, 2.75) is 44.6 Å². The molecule has 0 saturated heterocycles. The Hall–Kier alpha value is -1.22. The summed E-state index contributed by atoms with van der Waals surface area (Å²) in [5.74, 6) is 1.80.